The Kier molecular flexibility index (Phi) is 4.32. The van der Waals surface area contributed by atoms with Crippen molar-refractivity contribution in [2.45, 2.75) is 44.1 Å². The quantitative estimate of drug-likeness (QED) is 0.793. The fraction of sp³-hybridized carbons (Fsp3) is 0.409. The Morgan fingerprint density at radius 3 is 2.72 bits per heavy atom. The summed E-state index contributed by atoms with van der Waals surface area (Å²) in [5.74, 6) is 0.551. The molecule has 0 spiro atoms. The van der Waals surface area contributed by atoms with Gasteiger partial charge in [-0.2, -0.15) is 0 Å². The van der Waals surface area contributed by atoms with Crippen LogP contribution < -0.4 is 0 Å². The molecule has 1 saturated heterocycles. The number of aryl methyl sites for hydroxylation is 1. The Balaban J connectivity index is 1.52. The van der Waals surface area contributed by atoms with Gasteiger partial charge in [0.1, 0.15) is 5.82 Å². The largest absolute Gasteiger partial charge is 0.332 e. The normalized spacial score (nSPS) is 25.2. The monoisotopic (exact) mass is 337 g/mol. The zero-order valence-corrected chi connectivity index (χ0v) is 14.5. The first-order chi connectivity index (χ1) is 12.2. The first kappa shape index (κ1) is 16.3. The number of likely N-dealkylation sites (tertiary alicyclic amines) is 1. The minimum absolute atomic E-state index is 0.0987. The summed E-state index contributed by atoms with van der Waals surface area (Å²) in [6.07, 6.45) is 5.77. The molecule has 0 aromatic heterocycles. The van der Waals surface area contributed by atoms with Gasteiger partial charge in [-0.05, 0) is 42.5 Å². The molecule has 0 bridgehead atoms. The molecule has 2 fully saturated rings. The maximum Gasteiger partial charge on any atom is 0.223 e. The number of hydrogen-bond acceptors (Lipinski definition) is 1. The average Bonchev–Trinajstić information content (AvgIpc) is 2.62. The second-order valence-corrected chi connectivity index (χ2v) is 7.37. The lowest BCUT2D eigenvalue weighted by atomic mass is 9.61. The van der Waals surface area contributed by atoms with Crippen molar-refractivity contribution in [3.05, 3.63) is 71.5 Å². The van der Waals surface area contributed by atoms with Crippen molar-refractivity contribution >= 4 is 5.91 Å². The van der Waals surface area contributed by atoms with Crippen molar-refractivity contribution in [3.63, 3.8) is 0 Å². The third-order valence-electron chi connectivity index (χ3n) is 6.01. The lowest BCUT2D eigenvalue weighted by Crippen LogP contribution is -2.67. The van der Waals surface area contributed by atoms with Crippen molar-refractivity contribution in [2.24, 2.45) is 5.92 Å². The summed E-state index contributed by atoms with van der Waals surface area (Å²) in [5, 5.41) is 0. The van der Waals surface area contributed by atoms with Gasteiger partial charge in [0, 0.05) is 18.9 Å². The summed E-state index contributed by atoms with van der Waals surface area (Å²) in [4.78, 5) is 15.1. The van der Waals surface area contributed by atoms with Crippen molar-refractivity contribution in [1.29, 1.82) is 0 Å². The van der Waals surface area contributed by atoms with Crippen LogP contribution in [0.4, 0.5) is 4.39 Å². The number of halogens is 1. The van der Waals surface area contributed by atoms with E-state index >= 15 is 0 Å². The van der Waals surface area contributed by atoms with Gasteiger partial charge in [-0.3, -0.25) is 4.79 Å². The molecule has 1 aliphatic carbocycles. The highest BCUT2D eigenvalue weighted by Gasteiger charge is 2.56. The molecular weight excluding hydrogens is 313 g/mol. The van der Waals surface area contributed by atoms with E-state index in [0.29, 0.717) is 18.8 Å². The Hall–Kier alpha value is -2.16. The van der Waals surface area contributed by atoms with Crippen LogP contribution in [0.25, 0.3) is 0 Å². The number of hydrogen-bond donors (Lipinski definition) is 0. The standard InChI is InChI=1S/C22H24FNO/c23-20-11-6-7-17(15-20)12-13-21(25)24-16-19-10-4-5-14-22(19,24)18-8-2-1-3-9-18/h1-3,6-9,11,15,19H,4-5,10,12-14,16H2/t19-,22+/m1/s1. The third-order valence-corrected chi connectivity index (χ3v) is 6.01. The van der Waals surface area contributed by atoms with E-state index in [0.717, 1.165) is 18.5 Å². The van der Waals surface area contributed by atoms with E-state index in [1.165, 1.54) is 37.0 Å². The molecule has 4 rings (SSSR count). The van der Waals surface area contributed by atoms with Gasteiger partial charge in [0.05, 0.1) is 5.54 Å². The Morgan fingerprint density at radius 1 is 1.12 bits per heavy atom. The van der Waals surface area contributed by atoms with Crippen LogP contribution in [0.3, 0.4) is 0 Å². The van der Waals surface area contributed by atoms with Gasteiger partial charge in [-0.1, -0.05) is 55.3 Å². The molecule has 3 heteroatoms. The molecule has 2 atom stereocenters. The smallest absolute Gasteiger partial charge is 0.223 e. The summed E-state index contributed by atoms with van der Waals surface area (Å²) in [7, 11) is 0. The molecule has 1 aliphatic heterocycles. The topological polar surface area (TPSA) is 20.3 Å². The van der Waals surface area contributed by atoms with E-state index in [2.05, 4.69) is 29.2 Å². The fourth-order valence-corrected chi connectivity index (χ4v) is 4.76. The van der Waals surface area contributed by atoms with E-state index < -0.39 is 0 Å². The highest BCUT2D eigenvalue weighted by atomic mass is 19.1. The zero-order chi connectivity index (χ0) is 17.3. The summed E-state index contributed by atoms with van der Waals surface area (Å²) >= 11 is 0. The predicted octanol–water partition coefficient (Wildman–Crippen LogP) is 4.69. The molecule has 130 valence electrons. The van der Waals surface area contributed by atoms with Crippen LogP contribution in [0.5, 0.6) is 0 Å². The molecule has 2 aromatic rings. The lowest BCUT2D eigenvalue weighted by molar-refractivity contribution is -0.166. The second kappa shape index (κ2) is 6.62. The number of benzene rings is 2. The Morgan fingerprint density at radius 2 is 1.96 bits per heavy atom. The Bertz CT molecular complexity index is 760. The Labute approximate surface area is 148 Å². The molecular formula is C22H24FNO. The van der Waals surface area contributed by atoms with Gasteiger partial charge in [-0.25, -0.2) is 4.39 Å². The van der Waals surface area contributed by atoms with Crippen LogP contribution in [0.1, 0.15) is 43.2 Å². The van der Waals surface area contributed by atoms with Crippen LogP contribution >= 0.6 is 0 Å². The highest BCUT2D eigenvalue weighted by Crippen LogP contribution is 2.53. The molecule has 0 unspecified atom stereocenters. The molecule has 2 aliphatic rings. The minimum atomic E-state index is -0.234. The maximum absolute atomic E-state index is 13.3. The molecule has 1 heterocycles. The molecule has 2 aromatic carbocycles. The highest BCUT2D eigenvalue weighted by molar-refractivity contribution is 5.79. The first-order valence-electron chi connectivity index (χ1n) is 9.30. The van der Waals surface area contributed by atoms with Crippen molar-refractivity contribution < 1.29 is 9.18 Å². The third kappa shape index (κ3) is 2.86. The van der Waals surface area contributed by atoms with Crippen LogP contribution in [-0.4, -0.2) is 17.4 Å². The van der Waals surface area contributed by atoms with Crippen LogP contribution in [0.15, 0.2) is 54.6 Å². The van der Waals surface area contributed by atoms with Crippen molar-refractivity contribution in [3.8, 4) is 0 Å². The number of carbonyl (C=O) groups excluding carboxylic acids is 1. The number of amides is 1. The van der Waals surface area contributed by atoms with Gasteiger partial charge in [0.15, 0.2) is 0 Å². The van der Waals surface area contributed by atoms with Gasteiger partial charge in [0.25, 0.3) is 0 Å². The molecule has 0 radical (unpaired) electrons. The van der Waals surface area contributed by atoms with Crippen LogP contribution in [0.2, 0.25) is 0 Å². The second-order valence-electron chi connectivity index (χ2n) is 7.37. The lowest BCUT2D eigenvalue weighted by Gasteiger charge is -2.61. The number of rotatable bonds is 4. The first-order valence-corrected chi connectivity index (χ1v) is 9.30. The van der Waals surface area contributed by atoms with Crippen LogP contribution in [-0.2, 0) is 16.8 Å². The number of fused-ring (bicyclic) bond motifs is 1. The van der Waals surface area contributed by atoms with E-state index in [-0.39, 0.29) is 17.3 Å². The van der Waals surface area contributed by atoms with E-state index in [9.17, 15) is 9.18 Å². The average molecular weight is 337 g/mol. The minimum Gasteiger partial charge on any atom is -0.332 e. The number of carbonyl (C=O) groups is 1. The molecule has 1 saturated carbocycles. The number of nitrogens with zero attached hydrogens (tertiary/aromatic N) is 1. The summed E-state index contributed by atoms with van der Waals surface area (Å²) in [6.45, 7) is 0.872. The van der Waals surface area contributed by atoms with Gasteiger partial charge in [-0.15, -0.1) is 0 Å². The van der Waals surface area contributed by atoms with E-state index in [4.69, 9.17) is 0 Å². The zero-order valence-electron chi connectivity index (χ0n) is 14.5. The van der Waals surface area contributed by atoms with Crippen molar-refractivity contribution in [1.82, 2.24) is 4.90 Å². The van der Waals surface area contributed by atoms with Gasteiger partial charge in [0.2, 0.25) is 5.91 Å². The molecule has 2 nitrogen and oxygen atoms in total. The summed E-state index contributed by atoms with van der Waals surface area (Å²) in [6, 6.07) is 17.1. The molecule has 25 heavy (non-hydrogen) atoms. The van der Waals surface area contributed by atoms with Gasteiger partial charge >= 0.3 is 0 Å². The maximum atomic E-state index is 13.3. The predicted molar refractivity (Wildman–Crippen MR) is 96.5 cm³/mol. The molecule has 0 N–H and O–H groups in total. The molecule has 1 amide bonds. The summed E-state index contributed by atoms with van der Waals surface area (Å²) in [5.41, 5.74) is 2.08. The van der Waals surface area contributed by atoms with Crippen LogP contribution in [0, 0.1) is 11.7 Å². The summed E-state index contributed by atoms with van der Waals surface area (Å²) < 4.78 is 13.3. The fourth-order valence-electron chi connectivity index (χ4n) is 4.76. The van der Waals surface area contributed by atoms with E-state index in [1.54, 1.807) is 6.07 Å². The SMILES string of the molecule is O=C(CCc1cccc(F)c1)N1C[C@H]2CCCC[C@]21c1ccccc1. The van der Waals surface area contributed by atoms with Gasteiger partial charge < -0.3 is 4.90 Å². The van der Waals surface area contributed by atoms with E-state index in [1.807, 2.05) is 12.1 Å². The van der Waals surface area contributed by atoms with Crippen molar-refractivity contribution in [2.75, 3.05) is 6.54 Å².